The van der Waals surface area contributed by atoms with Crippen LogP contribution in [0.3, 0.4) is 0 Å². The Bertz CT molecular complexity index is 539. The number of nitrogens with zero attached hydrogens (tertiary/aromatic N) is 2. The van der Waals surface area contributed by atoms with E-state index in [0.717, 1.165) is 4.88 Å². The molecule has 92 valence electrons. The van der Waals surface area contributed by atoms with Crippen LogP contribution in [-0.4, -0.2) is 20.9 Å². The van der Waals surface area contributed by atoms with Crippen LogP contribution < -0.4 is 0 Å². The van der Waals surface area contributed by atoms with Crippen LogP contribution in [0.25, 0.3) is 10.7 Å². The molecule has 2 aromatic rings. The number of thiophene rings is 1. The zero-order valence-electron chi connectivity index (χ0n) is 8.49. The van der Waals surface area contributed by atoms with E-state index < -0.39 is 12.6 Å². The van der Waals surface area contributed by atoms with E-state index in [4.69, 9.17) is 12.2 Å². The van der Waals surface area contributed by atoms with Crippen molar-refractivity contribution in [2.45, 2.75) is 19.1 Å². The minimum Gasteiger partial charge on any atom is -0.299 e. The molecule has 0 aliphatic carbocycles. The fourth-order valence-corrected chi connectivity index (χ4v) is 2.30. The van der Waals surface area contributed by atoms with Crippen molar-refractivity contribution in [3.63, 3.8) is 0 Å². The Kier molecular flexibility index (Phi) is 3.34. The largest absolute Gasteiger partial charge is 0.390 e. The Morgan fingerprint density at radius 1 is 1.47 bits per heavy atom. The van der Waals surface area contributed by atoms with Gasteiger partial charge in [0.2, 0.25) is 0 Å². The molecule has 8 heteroatoms. The van der Waals surface area contributed by atoms with Crippen molar-refractivity contribution >= 4 is 23.6 Å². The van der Waals surface area contributed by atoms with Crippen molar-refractivity contribution in [2.75, 3.05) is 0 Å². The first-order valence-corrected chi connectivity index (χ1v) is 6.02. The third-order valence-electron chi connectivity index (χ3n) is 2.12. The number of halogens is 3. The minimum atomic E-state index is -4.20. The van der Waals surface area contributed by atoms with Crippen LogP contribution in [0.2, 0.25) is 0 Å². The molecule has 2 heterocycles. The molecule has 0 saturated heterocycles. The summed E-state index contributed by atoms with van der Waals surface area (Å²) in [5.74, 6) is 0.453. The summed E-state index contributed by atoms with van der Waals surface area (Å²) >= 11 is 6.32. The van der Waals surface area contributed by atoms with Crippen molar-refractivity contribution in [3.05, 3.63) is 22.3 Å². The first-order chi connectivity index (χ1) is 7.97. The van der Waals surface area contributed by atoms with Gasteiger partial charge in [-0.3, -0.25) is 9.67 Å². The maximum atomic E-state index is 12.2. The third kappa shape index (κ3) is 2.95. The summed E-state index contributed by atoms with van der Waals surface area (Å²) in [7, 11) is 0. The highest BCUT2D eigenvalue weighted by Crippen LogP contribution is 2.25. The SMILES string of the molecule is FC(F)(F)CCn1c(-c2cccs2)n[nH]c1=S. The van der Waals surface area contributed by atoms with Crippen LogP contribution >= 0.6 is 23.6 Å². The molecule has 3 nitrogen and oxygen atoms in total. The van der Waals surface area contributed by atoms with Gasteiger partial charge in [-0.25, -0.2) is 0 Å². The van der Waals surface area contributed by atoms with E-state index in [-0.39, 0.29) is 11.3 Å². The van der Waals surface area contributed by atoms with E-state index in [2.05, 4.69) is 10.2 Å². The molecule has 0 aliphatic heterocycles. The maximum absolute atomic E-state index is 12.2. The number of rotatable bonds is 3. The van der Waals surface area contributed by atoms with Gasteiger partial charge in [-0.2, -0.15) is 18.3 Å². The van der Waals surface area contributed by atoms with Gasteiger partial charge < -0.3 is 0 Å². The lowest BCUT2D eigenvalue weighted by Crippen LogP contribution is -2.13. The highest BCUT2D eigenvalue weighted by atomic mass is 32.1. The van der Waals surface area contributed by atoms with Crippen LogP contribution in [0, 0.1) is 4.77 Å². The maximum Gasteiger partial charge on any atom is 0.390 e. The van der Waals surface area contributed by atoms with Gasteiger partial charge >= 0.3 is 6.18 Å². The Balaban J connectivity index is 2.28. The highest BCUT2D eigenvalue weighted by Gasteiger charge is 2.27. The van der Waals surface area contributed by atoms with Crippen molar-refractivity contribution in [1.29, 1.82) is 0 Å². The summed E-state index contributed by atoms with van der Waals surface area (Å²) in [5.41, 5.74) is 0. The molecule has 0 fully saturated rings. The first-order valence-electron chi connectivity index (χ1n) is 4.73. The molecular weight excluding hydrogens is 271 g/mol. The lowest BCUT2D eigenvalue weighted by molar-refractivity contribution is -0.136. The van der Waals surface area contributed by atoms with Gasteiger partial charge in [-0.1, -0.05) is 6.07 Å². The molecule has 0 spiro atoms. The van der Waals surface area contributed by atoms with E-state index in [9.17, 15) is 13.2 Å². The molecule has 0 bridgehead atoms. The second-order valence-electron chi connectivity index (χ2n) is 3.35. The normalized spacial score (nSPS) is 11.9. The number of H-pyrrole nitrogens is 1. The molecule has 0 radical (unpaired) electrons. The van der Waals surface area contributed by atoms with E-state index in [0.29, 0.717) is 5.82 Å². The van der Waals surface area contributed by atoms with Crippen molar-refractivity contribution in [1.82, 2.24) is 14.8 Å². The Morgan fingerprint density at radius 2 is 2.24 bits per heavy atom. The monoisotopic (exact) mass is 279 g/mol. The van der Waals surface area contributed by atoms with Crippen molar-refractivity contribution < 1.29 is 13.2 Å². The van der Waals surface area contributed by atoms with Gasteiger partial charge in [0, 0.05) is 6.54 Å². The smallest absolute Gasteiger partial charge is 0.299 e. The van der Waals surface area contributed by atoms with Crippen molar-refractivity contribution in [2.24, 2.45) is 0 Å². The molecule has 0 saturated carbocycles. The third-order valence-corrected chi connectivity index (χ3v) is 3.30. The van der Waals surface area contributed by atoms with Gasteiger partial charge in [0.15, 0.2) is 10.6 Å². The second-order valence-corrected chi connectivity index (χ2v) is 4.68. The Morgan fingerprint density at radius 3 is 2.82 bits per heavy atom. The molecule has 2 aromatic heterocycles. The summed E-state index contributed by atoms with van der Waals surface area (Å²) in [6, 6.07) is 3.60. The fraction of sp³-hybridized carbons (Fsp3) is 0.333. The molecule has 0 aromatic carbocycles. The topological polar surface area (TPSA) is 33.6 Å². The van der Waals surface area contributed by atoms with Crippen LogP contribution in [0.5, 0.6) is 0 Å². The van der Waals surface area contributed by atoms with E-state index in [1.54, 1.807) is 6.07 Å². The standard InChI is InChI=1S/C9H8F3N3S2/c10-9(11,12)3-4-15-7(13-14-8(15)16)6-2-1-5-17-6/h1-2,5H,3-4H2,(H,14,16). The number of hydrogen-bond donors (Lipinski definition) is 1. The van der Waals surface area contributed by atoms with Crippen LogP contribution in [0.4, 0.5) is 13.2 Å². The zero-order valence-corrected chi connectivity index (χ0v) is 10.1. The minimum absolute atomic E-state index is 0.206. The number of aromatic nitrogens is 3. The summed E-state index contributed by atoms with van der Waals surface area (Å²) < 4.78 is 38.1. The number of hydrogen-bond acceptors (Lipinski definition) is 3. The zero-order chi connectivity index (χ0) is 12.5. The molecule has 1 N–H and O–H groups in total. The summed E-state index contributed by atoms with van der Waals surface area (Å²) in [5, 5.41) is 8.30. The van der Waals surface area contributed by atoms with Gasteiger partial charge in [0.25, 0.3) is 0 Å². The molecule has 0 unspecified atom stereocenters. The van der Waals surface area contributed by atoms with Gasteiger partial charge in [0.1, 0.15) is 0 Å². The fourth-order valence-electron chi connectivity index (χ4n) is 1.36. The predicted octanol–water partition coefficient (Wildman–Crippen LogP) is 3.62. The summed E-state index contributed by atoms with van der Waals surface area (Å²) in [4.78, 5) is 0.791. The first kappa shape index (κ1) is 12.3. The molecule has 0 aliphatic rings. The van der Waals surface area contributed by atoms with E-state index >= 15 is 0 Å². The Hall–Kier alpha value is -1.15. The van der Waals surface area contributed by atoms with E-state index in [1.807, 2.05) is 11.4 Å². The molecule has 17 heavy (non-hydrogen) atoms. The second kappa shape index (κ2) is 4.61. The predicted molar refractivity (Wildman–Crippen MR) is 61.4 cm³/mol. The van der Waals surface area contributed by atoms with Crippen LogP contribution in [0.15, 0.2) is 17.5 Å². The average molecular weight is 279 g/mol. The molecule has 2 rings (SSSR count). The summed E-state index contributed by atoms with van der Waals surface area (Å²) in [6.45, 7) is -0.216. The lowest BCUT2D eigenvalue weighted by Gasteiger charge is -2.08. The molecular formula is C9H8F3N3S2. The van der Waals surface area contributed by atoms with Crippen LogP contribution in [-0.2, 0) is 6.54 Å². The molecule has 0 amide bonds. The van der Waals surface area contributed by atoms with Crippen LogP contribution in [0.1, 0.15) is 6.42 Å². The van der Waals surface area contributed by atoms with Crippen molar-refractivity contribution in [3.8, 4) is 10.7 Å². The Labute approximate surface area is 104 Å². The van der Waals surface area contributed by atoms with Gasteiger partial charge in [-0.05, 0) is 23.7 Å². The quantitative estimate of drug-likeness (QED) is 0.871. The highest BCUT2D eigenvalue weighted by molar-refractivity contribution is 7.71. The lowest BCUT2D eigenvalue weighted by atomic mass is 10.4. The van der Waals surface area contributed by atoms with E-state index in [1.165, 1.54) is 15.9 Å². The van der Waals surface area contributed by atoms with Gasteiger partial charge in [-0.15, -0.1) is 11.3 Å². The van der Waals surface area contributed by atoms with Gasteiger partial charge in [0.05, 0.1) is 11.3 Å². The number of alkyl halides is 3. The number of nitrogens with one attached hydrogen (secondary N) is 1. The summed E-state index contributed by atoms with van der Waals surface area (Å²) in [6.07, 6.45) is -5.11. The molecule has 0 atom stereocenters. The average Bonchev–Trinajstić information content (AvgIpc) is 2.82. The number of aromatic amines is 1.